The van der Waals surface area contributed by atoms with Gasteiger partial charge < -0.3 is 5.32 Å². The number of nitrogens with zero attached hydrogens (tertiary/aromatic N) is 3. The van der Waals surface area contributed by atoms with Crippen LogP contribution in [0.1, 0.15) is 12.0 Å². The Morgan fingerprint density at radius 3 is 2.74 bits per heavy atom. The Bertz CT molecular complexity index is 715. The first-order chi connectivity index (χ1) is 11.1. The Morgan fingerprint density at radius 1 is 1.26 bits per heavy atom. The van der Waals surface area contributed by atoms with Crippen LogP contribution in [0.4, 0.5) is 10.7 Å². The fourth-order valence-electron chi connectivity index (χ4n) is 2.27. The smallest absolute Gasteiger partial charge is 0.325 e. The lowest BCUT2D eigenvalue weighted by molar-refractivity contribution is -0.130. The van der Waals surface area contributed by atoms with E-state index >= 15 is 0 Å². The van der Waals surface area contributed by atoms with Crippen LogP contribution in [0.2, 0.25) is 0 Å². The maximum Gasteiger partial charge on any atom is 0.325 e. The lowest BCUT2D eigenvalue weighted by atomic mass is 10.2. The van der Waals surface area contributed by atoms with Gasteiger partial charge in [0.15, 0.2) is 0 Å². The average molecular weight is 314 g/mol. The Hall–Kier alpha value is -3.23. The van der Waals surface area contributed by atoms with Crippen molar-refractivity contribution in [3.8, 4) is 0 Å². The summed E-state index contributed by atoms with van der Waals surface area (Å²) >= 11 is 0. The molecule has 0 unspecified atom stereocenters. The van der Waals surface area contributed by atoms with Crippen LogP contribution in [-0.4, -0.2) is 44.0 Å². The molecule has 2 heterocycles. The van der Waals surface area contributed by atoms with Gasteiger partial charge in [0, 0.05) is 0 Å². The van der Waals surface area contributed by atoms with E-state index in [0.717, 1.165) is 10.5 Å². The van der Waals surface area contributed by atoms with Gasteiger partial charge in [-0.25, -0.2) is 9.89 Å². The number of imide groups is 1. The van der Waals surface area contributed by atoms with Crippen LogP contribution in [0, 0.1) is 0 Å². The van der Waals surface area contributed by atoms with Crippen LogP contribution in [-0.2, 0) is 16.1 Å². The molecule has 1 aliphatic rings. The molecule has 1 aromatic heterocycles. The van der Waals surface area contributed by atoms with E-state index < -0.39 is 23.9 Å². The highest BCUT2D eigenvalue weighted by Crippen LogP contribution is 2.14. The van der Waals surface area contributed by atoms with E-state index in [1.54, 1.807) is 0 Å². The Morgan fingerprint density at radius 2 is 2.04 bits per heavy atom. The molecule has 0 bridgehead atoms. The van der Waals surface area contributed by atoms with Crippen molar-refractivity contribution in [2.24, 2.45) is 0 Å². The number of carbonyl (C=O) groups is 3. The number of hydrogen-bond donors (Lipinski definition) is 3. The summed E-state index contributed by atoms with van der Waals surface area (Å²) in [5.74, 6) is -0.679. The van der Waals surface area contributed by atoms with E-state index in [-0.39, 0.29) is 18.9 Å². The van der Waals surface area contributed by atoms with E-state index in [4.69, 9.17) is 0 Å². The second kappa shape index (κ2) is 6.26. The van der Waals surface area contributed by atoms with E-state index in [2.05, 4.69) is 25.8 Å². The molecule has 0 radical (unpaired) electrons. The molecule has 3 N–H and O–H groups in total. The van der Waals surface area contributed by atoms with Crippen molar-refractivity contribution in [3.05, 3.63) is 42.2 Å². The monoisotopic (exact) mass is 314 g/mol. The van der Waals surface area contributed by atoms with Gasteiger partial charge in [-0.3, -0.25) is 19.8 Å². The van der Waals surface area contributed by atoms with E-state index in [9.17, 15) is 14.4 Å². The van der Waals surface area contributed by atoms with Crippen LogP contribution < -0.4 is 10.6 Å². The molecule has 1 atom stereocenters. The van der Waals surface area contributed by atoms with Gasteiger partial charge in [0.2, 0.25) is 11.9 Å². The van der Waals surface area contributed by atoms with E-state index in [1.165, 1.54) is 6.33 Å². The van der Waals surface area contributed by atoms with Crippen molar-refractivity contribution in [3.63, 3.8) is 0 Å². The SMILES string of the molecule is O=C(C[C@@H]1NC(=O)N(Cc2ccccc2)C1=O)Nc1ncn[nH]1. The summed E-state index contributed by atoms with van der Waals surface area (Å²) < 4.78 is 0. The number of anilines is 1. The molecule has 2 aromatic rings. The van der Waals surface area contributed by atoms with Gasteiger partial charge in [0.05, 0.1) is 13.0 Å². The number of amides is 4. The van der Waals surface area contributed by atoms with Gasteiger partial charge in [-0.15, -0.1) is 0 Å². The lowest BCUT2D eigenvalue weighted by Crippen LogP contribution is -2.34. The molecule has 1 aromatic carbocycles. The fourth-order valence-corrected chi connectivity index (χ4v) is 2.27. The Balaban J connectivity index is 1.60. The molecular weight excluding hydrogens is 300 g/mol. The van der Waals surface area contributed by atoms with Crippen LogP contribution in [0.15, 0.2) is 36.7 Å². The third-order valence-electron chi connectivity index (χ3n) is 3.35. The van der Waals surface area contributed by atoms with Gasteiger partial charge in [-0.1, -0.05) is 30.3 Å². The van der Waals surface area contributed by atoms with Crippen molar-refractivity contribution in [1.29, 1.82) is 0 Å². The molecule has 1 saturated heterocycles. The zero-order valence-corrected chi connectivity index (χ0v) is 12.0. The number of aromatic nitrogens is 3. The molecule has 9 heteroatoms. The molecule has 1 fully saturated rings. The maximum atomic E-state index is 12.3. The molecule has 1 aliphatic heterocycles. The van der Waals surface area contributed by atoms with Crippen LogP contribution in [0.5, 0.6) is 0 Å². The zero-order valence-electron chi connectivity index (χ0n) is 12.0. The van der Waals surface area contributed by atoms with Crippen LogP contribution in [0.3, 0.4) is 0 Å². The summed E-state index contributed by atoms with van der Waals surface area (Å²) in [6.07, 6.45) is 1.08. The molecule has 0 spiro atoms. The number of rotatable bonds is 5. The minimum Gasteiger partial charge on any atom is -0.325 e. The van der Waals surface area contributed by atoms with Gasteiger partial charge >= 0.3 is 6.03 Å². The number of urea groups is 1. The molecule has 118 valence electrons. The van der Waals surface area contributed by atoms with Gasteiger partial charge in [-0.2, -0.15) is 10.1 Å². The summed E-state index contributed by atoms with van der Waals surface area (Å²) in [5, 5.41) is 11.0. The van der Waals surface area contributed by atoms with Crippen molar-refractivity contribution in [2.75, 3.05) is 5.32 Å². The summed E-state index contributed by atoms with van der Waals surface area (Å²) in [4.78, 5) is 40.9. The first-order valence-corrected chi connectivity index (χ1v) is 6.94. The van der Waals surface area contributed by atoms with Crippen molar-refractivity contribution in [2.45, 2.75) is 19.0 Å². The van der Waals surface area contributed by atoms with Gasteiger partial charge in [0.1, 0.15) is 12.4 Å². The molecule has 23 heavy (non-hydrogen) atoms. The number of H-pyrrole nitrogens is 1. The second-order valence-electron chi connectivity index (χ2n) is 5.00. The number of aromatic amines is 1. The molecule has 0 saturated carbocycles. The second-order valence-corrected chi connectivity index (χ2v) is 5.00. The third kappa shape index (κ3) is 3.34. The van der Waals surface area contributed by atoms with Gasteiger partial charge in [0.25, 0.3) is 5.91 Å². The quantitative estimate of drug-likeness (QED) is 0.683. The highest BCUT2D eigenvalue weighted by Gasteiger charge is 2.38. The summed E-state index contributed by atoms with van der Waals surface area (Å²) in [6.45, 7) is 0.172. The first-order valence-electron chi connectivity index (χ1n) is 6.94. The first kappa shape index (κ1) is 14.7. The molecule has 4 amide bonds. The average Bonchev–Trinajstić information content (AvgIpc) is 3.12. The predicted octanol–water partition coefficient (Wildman–Crippen LogP) is 0.254. The zero-order chi connectivity index (χ0) is 16.2. The van der Waals surface area contributed by atoms with E-state index in [0.29, 0.717) is 0 Å². The normalized spacial score (nSPS) is 17.2. The number of hydrogen-bond acceptors (Lipinski definition) is 5. The Labute approximate surface area is 131 Å². The summed E-state index contributed by atoms with van der Waals surface area (Å²) in [6, 6.07) is 7.78. The predicted molar refractivity (Wildman–Crippen MR) is 78.9 cm³/mol. The van der Waals surface area contributed by atoms with Crippen molar-refractivity contribution < 1.29 is 14.4 Å². The molecular formula is C14H14N6O3. The molecule has 0 aliphatic carbocycles. The van der Waals surface area contributed by atoms with Gasteiger partial charge in [-0.05, 0) is 5.56 Å². The lowest BCUT2D eigenvalue weighted by Gasteiger charge is -2.12. The standard InChI is InChI=1S/C14H14N6O3/c21-11(18-13-15-8-16-19-13)6-10-12(22)20(14(23)17-10)7-9-4-2-1-3-5-9/h1-5,8,10H,6-7H2,(H,17,23)(H2,15,16,18,19,21)/t10-/m0/s1. The van der Waals surface area contributed by atoms with Crippen LogP contribution >= 0.6 is 0 Å². The number of carbonyl (C=O) groups excluding carboxylic acids is 3. The summed E-state index contributed by atoms with van der Waals surface area (Å²) in [5.41, 5.74) is 0.836. The molecule has 3 rings (SSSR count). The topological polar surface area (TPSA) is 120 Å². The largest absolute Gasteiger partial charge is 0.325 e. The van der Waals surface area contributed by atoms with Crippen molar-refractivity contribution in [1.82, 2.24) is 25.4 Å². The minimum atomic E-state index is -0.880. The highest BCUT2D eigenvalue weighted by molar-refractivity contribution is 6.06. The highest BCUT2D eigenvalue weighted by atomic mass is 16.2. The molecule has 9 nitrogen and oxygen atoms in total. The number of nitrogens with one attached hydrogen (secondary N) is 3. The van der Waals surface area contributed by atoms with Crippen LogP contribution in [0.25, 0.3) is 0 Å². The number of benzene rings is 1. The summed E-state index contributed by atoms with van der Waals surface area (Å²) in [7, 11) is 0. The van der Waals surface area contributed by atoms with Crippen molar-refractivity contribution >= 4 is 23.8 Å². The Kier molecular flexibility index (Phi) is 4.00. The van der Waals surface area contributed by atoms with E-state index in [1.807, 2.05) is 30.3 Å². The fraction of sp³-hybridized carbons (Fsp3) is 0.214. The third-order valence-corrected chi connectivity index (χ3v) is 3.35. The minimum absolute atomic E-state index is 0.170. The maximum absolute atomic E-state index is 12.3.